The van der Waals surface area contributed by atoms with Gasteiger partial charge in [-0.05, 0) is 74.8 Å². The second-order valence-corrected chi connectivity index (χ2v) is 9.94. The Morgan fingerprint density at radius 1 is 1.00 bits per heavy atom. The average Bonchev–Trinajstić information content (AvgIpc) is 2.89. The summed E-state index contributed by atoms with van der Waals surface area (Å²) in [6.45, 7) is 0.652. The fourth-order valence-electron chi connectivity index (χ4n) is 5.26. The number of nitrogens with one attached hydrogen (secondary N) is 1. The largest absolute Gasteiger partial charge is 0.471 e. The van der Waals surface area contributed by atoms with Gasteiger partial charge in [-0.1, -0.05) is 30.3 Å². The average molecular weight is 557 g/mol. The van der Waals surface area contributed by atoms with Gasteiger partial charge in [0.05, 0.1) is 5.56 Å². The highest BCUT2D eigenvalue weighted by Gasteiger charge is 2.45. The maximum Gasteiger partial charge on any atom is 0.471 e. The number of carbonyl (C=O) groups is 2. The topological polar surface area (TPSA) is 55.9 Å². The summed E-state index contributed by atoms with van der Waals surface area (Å²) in [7, 11) is 1.87. The van der Waals surface area contributed by atoms with Crippen molar-refractivity contribution >= 4 is 17.5 Å². The fourth-order valence-corrected chi connectivity index (χ4v) is 5.26. The summed E-state index contributed by atoms with van der Waals surface area (Å²) in [5, 5.41) is 3.12. The summed E-state index contributed by atoms with van der Waals surface area (Å²) < 4.78 is 82.4. The van der Waals surface area contributed by atoms with Crippen LogP contribution >= 0.6 is 0 Å². The summed E-state index contributed by atoms with van der Waals surface area (Å²) >= 11 is 0. The second kappa shape index (κ2) is 11.5. The summed E-state index contributed by atoms with van der Waals surface area (Å²) in [5.41, 5.74) is 0.175. The van der Waals surface area contributed by atoms with Gasteiger partial charge in [-0.25, -0.2) is 0 Å². The first-order valence-electron chi connectivity index (χ1n) is 12.7. The molecule has 0 aliphatic carbocycles. The fraction of sp³-hybridized carbons (Fsp3) is 0.481. The molecule has 0 saturated carbocycles. The predicted octanol–water partition coefficient (Wildman–Crippen LogP) is 4.37. The monoisotopic (exact) mass is 556 g/mol. The molecule has 1 N–H and O–H groups in total. The van der Waals surface area contributed by atoms with E-state index >= 15 is 0 Å². The maximum atomic E-state index is 13.7. The maximum absolute atomic E-state index is 13.7. The Balaban J connectivity index is 1.71. The number of nitrogens with zero attached hydrogens (tertiary/aromatic N) is 3. The first kappa shape index (κ1) is 28.9. The molecule has 0 radical (unpaired) electrons. The number of fused-ring (bicyclic) bond motifs is 1. The molecule has 2 aliphatic rings. The standard InChI is InChI=1S/C27H30F6N4O2/c1-35-13-10-20(11-14-35)36(16-19-5-2-3-7-22(19)26(28,29)30)24(38)17-37(25(39)27(31,32)33)23-8-4-6-18-15-34-12-9-21(18)23/h2-8,20,34H,9-17H2,1H3. The number of piperidine rings is 1. The number of likely N-dealkylation sites (tertiary alicyclic amines) is 1. The summed E-state index contributed by atoms with van der Waals surface area (Å²) in [6.07, 6.45) is -8.68. The Labute approximate surface area is 222 Å². The Morgan fingerprint density at radius 2 is 1.69 bits per heavy atom. The highest BCUT2D eigenvalue weighted by atomic mass is 19.4. The lowest BCUT2D eigenvalue weighted by atomic mass is 9.98. The minimum Gasteiger partial charge on any atom is -0.334 e. The molecule has 2 aromatic rings. The number of amides is 2. The van der Waals surface area contributed by atoms with E-state index in [9.17, 15) is 35.9 Å². The van der Waals surface area contributed by atoms with Crippen LogP contribution in [0, 0.1) is 0 Å². The van der Waals surface area contributed by atoms with Gasteiger partial charge in [0.25, 0.3) is 0 Å². The van der Waals surface area contributed by atoms with Crippen molar-refractivity contribution in [1.29, 1.82) is 0 Å². The zero-order chi connectivity index (χ0) is 28.4. The van der Waals surface area contributed by atoms with E-state index < -0.39 is 48.9 Å². The number of rotatable bonds is 6. The van der Waals surface area contributed by atoms with Gasteiger partial charge in [-0.2, -0.15) is 26.3 Å². The quantitative estimate of drug-likeness (QED) is 0.538. The van der Waals surface area contributed by atoms with E-state index in [2.05, 4.69) is 5.32 Å². The Bertz CT molecular complexity index is 1190. The van der Waals surface area contributed by atoms with Crippen LogP contribution in [0.5, 0.6) is 0 Å². The van der Waals surface area contributed by atoms with Gasteiger partial charge in [0.2, 0.25) is 5.91 Å². The van der Waals surface area contributed by atoms with Crippen molar-refractivity contribution in [1.82, 2.24) is 15.1 Å². The van der Waals surface area contributed by atoms with Crippen molar-refractivity contribution in [3.8, 4) is 0 Å². The van der Waals surface area contributed by atoms with Crippen LogP contribution in [0.1, 0.15) is 35.1 Å². The van der Waals surface area contributed by atoms with Gasteiger partial charge in [0, 0.05) is 24.8 Å². The van der Waals surface area contributed by atoms with Crippen LogP contribution in [-0.4, -0.2) is 67.1 Å². The molecule has 0 atom stereocenters. The van der Waals surface area contributed by atoms with Gasteiger partial charge in [-0.15, -0.1) is 0 Å². The number of anilines is 1. The lowest BCUT2D eigenvalue weighted by Gasteiger charge is -2.39. The van der Waals surface area contributed by atoms with E-state index in [0.29, 0.717) is 55.9 Å². The molecule has 12 heteroatoms. The van der Waals surface area contributed by atoms with Crippen molar-refractivity contribution in [3.63, 3.8) is 0 Å². The number of hydrogen-bond donors (Lipinski definition) is 1. The molecule has 2 aliphatic heterocycles. The number of hydrogen-bond acceptors (Lipinski definition) is 4. The van der Waals surface area contributed by atoms with E-state index in [1.165, 1.54) is 35.2 Å². The molecule has 6 nitrogen and oxygen atoms in total. The number of benzene rings is 2. The molecule has 1 fully saturated rings. The Morgan fingerprint density at radius 3 is 2.36 bits per heavy atom. The molecule has 0 unspecified atom stereocenters. The molecule has 2 aromatic carbocycles. The number of carbonyl (C=O) groups excluding carboxylic acids is 2. The van der Waals surface area contributed by atoms with Gasteiger partial charge in [0.1, 0.15) is 6.54 Å². The summed E-state index contributed by atoms with van der Waals surface area (Å²) in [4.78, 5) is 30.0. The lowest BCUT2D eigenvalue weighted by molar-refractivity contribution is -0.170. The third kappa shape index (κ3) is 6.73. The van der Waals surface area contributed by atoms with E-state index in [0.717, 1.165) is 11.6 Å². The third-order valence-electron chi connectivity index (χ3n) is 7.30. The molecule has 4 rings (SSSR count). The predicted molar refractivity (Wildman–Crippen MR) is 133 cm³/mol. The van der Waals surface area contributed by atoms with Crippen molar-refractivity contribution in [2.24, 2.45) is 0 Å². The van der Waals surface area contributed by atoms with Crippen LogP contribution in [0.25, 0.3) is 0 Å². The highest BCUT2D eigenvalue weighted by Crippen LogP contribution is 2.34. The molecule has 2 heterocycles. The van der Waals surface area contributed by atoms with Crippen molar-refractivity contribution in [3.05, 3.63) is 64.7 Å². The van der Waals surface area contributed by atoms with E-state index in [1.807, 2.05) is 11.9 Å². The minimum absolute atomic E-state index is 0.0105. The summed E-state index contributed by atoms with van der Waals surface area (Å²) in [6, 6.07) is 8.98. The van der Waals surface area contributed by atoms with E-state index in [-0.39, 0.29) is 11.3 Å². The molecular weight excluding hydrogens is 526 g/mol. The van der Waals surface area contributed by atoms with Crippen molar-refractivity contribution in [2.75, 3.05) is 38.1 Å². The SMILES string of the molecule is CN1CCC(N(Cc2ccccc2C(F)(F)F)C(=O)CN(C(=O)C(F)(F)F)c2cccc3c2CCNC3)CC1. The zero-order valence-electron chi connectivity index (χ0n) is 21.4. The number of halogens is 6. The first-order chi connectivity index (χ1) is 18.4. The van der Waals surface area contributed by atoms with Gasteiger partial charge < -0.3 is 15.1 Å². The van der Waals surface area contributed by atoms with Crippen LogP contribution in [-0.2, 0) is 35.3 Å². The van der Waals surface area contributed by atoms with Crippen LogP contribution in [0.4, 0.5) is 32.0 Å². The molecule has 212 valence electrons. The van der Waals surface area contributed by atoms with Crippen molar-refractivity contribution < 1.29 is 35.9 Å². The van der Waals surface area contributed by atoms with Crippen molar-refractivity contribution in [2.45, 2.75) is 50.7 Å². The molecule has 0 aromatic heterocycles. The number of alkyl halides is 6. The molecule has 0 bridgehead atoms. The van der Waals surface area contributed by atoms with Gasteiger partial charge in [-0.3, -0.25) is 14.5 Å². The molecular formula is C27H30F6N4O2. The molecule has 0 spiro atoms. The minimum atomic E-state index is -5.25. The van der Waals surface area contributed by atoms with Crippen LogP contribution in [0.15, 0.2) is 42.5 Å². The third-order valence-corrected chi connectivity index (χ3v) is 7.30. The van der Waals surface area contributed by atoms with Gasteiger partial charge in [0.15, 0.2) is 0 Å². The second-order valence-electron chi connectivity index (χ2n) is 9.94. The zero-order valence-corrected chi connectivity index (χ0v) is 21.4. The molecule has 39 heavy (non-hydrogen) atoms. The molecule has 1 saturated heterocycles. The lowest BCUT2D eigenvalue weighted by Crippen LogP contribution is -2.52. The van der Waals surface area contributed by atoms with E-state index in [4.69, 9.17) is 0 Å². The Kier molecular flexibility index (Phi) is 8.55. The van der Waals surface area contributed by atoms with Gasteiger partial charge >= 0.3 is 18.3 Å². The Hall–Kier alpha value is -3.12. The highest BCUT2D eigenvalue weighted by molar-refractivity contribution is 6.02. The van der Waals surface area contributed by atoms with Crippen LogP contribution in [0.2, 0.25) is 0 Å². The van der Waals surface area contributed by atoms with Crippen LogP contribution in [0.3, 0.4) is 0 Å². The smallest absolute Gasteiger partial charge is 0.334 e. The van der Waals surface area contributed by atoms with E-state index in [1.54, 1.807) is 6.07 Å². The van der Waals surface area contributed by atoms with Crippen LogP contribution < -0.4 is 10.2 Å². The normalized spacial score (nSPS) is 17.0. The molecule has 2 amide bonds. The first-order valence-corrected chi connectivity index (χ1v) is 12.7. The summed E-state index contributed by atoms with van der Waals surface area (Å²) in [5.74, 6) is -3.03.